The van der Waals surface area contributed by atoms with Crippen LogP contribution in [0.3, 0.4) is 0 Å². The van der Waals surface area contributed by atoms with Crippen LogP contribution in [-0.4, -0.2) is 39.6 Å². The van der Waals surface area contributed by atoms with Crippen molar-refractivity contribution in [1.82, 2.24) is 25.4 Å². The van der Waals surface area contributed by atoms with Gasteiger partial charge in [0.2, 0.25) is 0 Å². The Morgan fingerprint density at radius 3 is 2.62 bits per heavy atom. The summed E-state index contributed by atoms with van der Waals surface area (Å²) < 4.78 is 2.84. The van der Waals surface area contributed by atoms with Crippen molar-refractivity contribution in [3.8, 4) is 0 Å². The monoisotopic (exact) mass is 524 g/mol. The van der Waals surface area contributed by atoms with Crippen molar-refractivity contribution in [3.05, 3.63) is 40.9 Å². The maximum atomic E-state index is 4.23. The molecule has 0 radical (unpaired) electrons. The van der Waals surface area contributed by atoms with Gasteiger partial charge < -0.3 is 10.6 Å². The maximum Gasteiger partial charge on any atom is 0.191 e. The van der Waals surface area contributed by atoms with Crippen LogP contribution in [0.1, 0.15) is 12.7 Å². The van der Waals surface area contributed by atoms with Crippen molar-refractivity contribution < 1.29 is 0 Å². The topological polar surface area (TPSA) is 67.1 Å². The Labute approximate surface area is 172 Å². The lowest BCUT2D eigenvalue weighted by molar-refractivity contribution is 0.672. The van der Waals surface area contributed by atoms with Crippen LogP contribution in [0.15, 0.2) is 45.0 Å². The summed E-state index contributed by atoms with van der Waals surface area (Å²) in [5.74, 6) is 1.63. The predicted molar refractivity (Wildman–Crippen MR) is 114 cm³/mol. The van der Waals surface area contributed by atoms with Gasteiger partial charge in [-0.1, -0.05) is 22.9 Å². The molecular weight excluding hydrogens is 503 g/mol. The Morgan fingerprint density at radius 1 is 1.33 bits per heavy atom. The maximum absolute atomic E-state index is 4.23. The van der Waals surface area contributed by atoms with Gasteiger partial charge in [0.05, 0.1) is 6.54 Å². The van der Waals surface area contributed by atoms with E-state index in [-0.39, 0.29) is 24.0 Å². The Hall–Kier alpha value is -0.810. The van der Waals surface area contributed by atoms with Gasteiger partial charge in [-0.15, -0.1) is 35.7 Å². The molecule has 2 N–H and O–H groups in total. The zero-order chi connectivity index (χ0) is 16.7. The summed E-state index contributed by atoms with van der Waals surface area (Å²) in [4.78, 5) is 9.66. The number of hydrogen-bond donors (Lipinski definition) is 2. The van der Waals surface area contributed by atoms with E-state index < -0.39 is 0 Å². The molecule has 1 aromatic heterocycles. The third-order valence-electron chi connectivity index (χ3n) is 3.15. The number of thioether (sulfide) groups is 1. The number of aliphatic imine (C=N–C) groups is 1. The zero-order valence-electron chi connectivity index (χ0n) is 13.9. The van der Waals surface area contributed by atoms with E-state index in [9.17, 15) is 0 Å². The second kappa shape index (κ2) is 10.9. The molecule has 24 heavy (non-hydrogen) atoms. The quantitative estimate of drug-likeness (QED) is 0.263. The van der Waals surface area contributed by atoms with Gasteiger partial charge >= 0.3 is 0 Å². The number of rotatable bonds is 6. The molecule has 0 bridgehead atoms. The summed E-state index contributed by atoms with van der Waals surface area (Å²) in [6, 6.07) is 8.35. The van der Waals surface area contributed by atoms with Gasteiger partial charge in [0.1, 0.15) is 12.2 Å². The van der Waals surface area contributed by atoms with E-state index >= 15 is 0 Å². The van der Waals surface area contributed by atoms with Gasteiger partial charge in [-0.25, -0.2) is 4.98 Å². The number of guanidine groups is 1. The molecule has 0 saturated heterocycles. The first kappa shape index (κ1) is 21.2. The molecule has 0 aliphatic heterocycles. The Bertz CT molecular complexity index is 646. The van der Waals surface area contributed by atoms with Gasteiger partial charge in [0.25, 0.3) is 0 Å². The first-order chi connectivity index (χ1) is 11.1. The van der Waals surface area contributed by atoms with Crippen LogP contribution in [0.25, 0.3) is 0 Å². The molecule has 0 fully saturated rings. The van der Waals surface area contributed by atoms with Gasteiger partial charge in [0.15, 0.2) is 5.96 Å². The molecule has 0 amide bonds. The molecule has 2 rings (SSSR count). The molecule has 6 nitrogen and oxygen atoms in total. The minimum Gasteiger partial charge on any atom is -0.355 e. The molecule has 1 heterocycles. The number of hydrogen-bond acceptors (Lipinski definition) is 4. The fraction of sp³-hybridized carbons (Fsp3) is 0.400. The van der Waals surface area contributed by atoms with Crippen molar-refractivity contribution in [2.45, 2.75) is 23.6 Å². The molecule has 1 atom stereocenters. The van der Waals surface area contributed by atoms with Crippen molar-refractivity contribution >= 4 is 57.6 Å². The SMILES string of the molecule is CN=C(NCc1ncnn1C)NCC(C)Sc1ccc(Br)cc1.I. The van der Waals surface area contributed by atoms with Gasteiger partial charge in [-0.05, 0) is 24.3 Å². The van der Waals surface area contributed by atoms with E-state index in [4.69, 9.17) is 0 Å². The van der Waals surface area contributed by atoms with Crippen LogP contribution in [-0.2, 0) is 13.6 Å². The number of nitrogens with zero attached hydrogens (tertiary/aromatic N) is 4. The molecule has 9 heteroatoms. The smallest absolute Gasteiger partial charge is 0.191 e. The van der Waals surface area contributed by atoms with Crippen LogP contribution in [0.2, 0.25) is 0 Å². The van der Waals surface area contributed by atoms with Crippen molar-refractivity contribution in [2.75, 3.05) is 13.6 Å². The minimum absolute atomic E-state index is 0. The van der Waals surface area contributed by atoms with E-state index in [1.165, 1.54) is 4.90 Å². The standard InChI is InChI=1S/C15H21BrN6S.HI/c1-11(23-13-6-4-12(16)5-7-13)8-18-15(17-2)19-9-14-20-10-21-22(14)3;/h4-7,10-11H,8-9H2,1-3H3,(H2,17,18,19);1H. The Kier molecular flexibility index (Phi) is 9.67. The number of aromatic nitrogens is 3. The molecule has 1 aromatic carbocycles. The zero-order valence-corrected chi connectivity index (χ0v) is 18.6. The largest absolute Gasteiger partial charge is 0.355 e. The van der Waals surface area contributed by atoms with Crippen LogP contribution >= 0.6 is 51.7 Å². The highest BCUT2D eigenvalue weighted by atomic mass is 127. The van der Waals surface area contributed by atoms with Gasteiger partial charge in [-0.2, -0.15) is 5.10 Å². The van der Waals surface area contributed by atoms with Gasteiger partial charge in [0, 0.05) is 35.3 Å². The molecule has 0 aliphatic carbocycles. The van der Waals surface area contributed by atoms with Crippen LogP contribution in [0.4, 0.5) is 0 Å². The molecule has 0 saturated carbocycles. The van der Waals surface area contributed by atoms with E-state index in [0.717, 1.165) is 22.8 Å². The lowest BCUT2D eigenvalue weighted by Crippen LogP contribution is -2.40. The third kappa shape index (κ3) is 6.98. The summed E-state index contributed by atoms with van der Waals surface area (Å²) in [5, 5.41) is 11.0. The third-order valence-corrected chi connectivity index (χ3v) is 4.79. The van der Waals surface area contributed by atoms with E-state index in [1.54, 1.807) is 18.1 Å². The van der Waals surface area contributed by atoms with Crippen LogP contribution in [0, 0.1) is 0 Å². The fourth-order valence-corrected chi connectivity index (χ4v) is 3.08. The number of benzene rings is 1. The highest BCUT2D eigenvalue weighted by molar-refractivity contribution is 14.0. The summed E-state index contributed by atoms with van der Waals surface area (Å²) in [5.41, 5.74) is 0. The summed E-state index contributed by atoms with van der Waals surface area (Å²) in [6.45, 7) is 3.60. The summed E-state index contributed by atoms with van der Waals surface area (Å²) in [7, 11) is 3.63. The minimum atomic E-state index is 0. The van der Waals surface area contributed by atoms with E-state index in [1.807, 2.05) is 18.8 Å². The molecular formula is C15H22BrIN6S. The Morgan fingerprint density at radius 2 is 2.04 bits per heavy atom. The average molecular weight is 525 g/mol. The Balaban J connectivity index is 0.00000288. The first-order valence-electron chi connectivity index (χ1n) is 7.28. The normalized spacial score (nSPS) is 12.4. The summed E-state index contributed by atoms with van der Waals surface area (Å²) in [6.07, 6.45) is 1.55. The number of nitrogens with one attached hydrogen (secondary N) is 2. The average Bonchev–Trinajstić information content (AvgIpc) is 2.95. The van der Waals surface area contributed by atoms with Crippen molar-refractivity contribution in [3.63, 3.8) is 0 Å². The highest BCUT2D eigenvalue weighted by Gasteiger charge is 2.07. The molecule has 132 valence electrons. The first-order valence-corrected chi connectivity index (χ1v) is 8.95. The van der Waals surface area contributed by atoms with Crippen molar-refractivity contribution in [1.29, 1.82) is 0 Å². The lowest BCUT2D eigenvalue weighted by Gasteiger charge is -2.15. The van der Waals surface area contributed by atoms with Crippen molar-refractivity contribution in [2.24, 2.45) is 12.0 Å². The lowest BCUT2D eigenvalue weighted by atomic mass is 10.4. The summed E-state index contributed by atoms with van der Waals surface area (Å²) >= 11 is 5.28. The number of aryl methyl sites for hydroxylation is 1. The molecule has 1 unspecified atom stereocenters. The molecule has 2 aromatic rings. The molecule has 0 aliphatic rings. The second-order valence-electron chi connectivity index (χ2n) is 4.99. The highest BCUT2D eigenvalue weighted by Crippen LogP contribution is 2.24. The van der Waals surface area contributed by atoms with Gasteiger partial charge in [-0.3, -0.25) is 9.67 Å². The van der Waals surface area contributed by atoms with E-state index in [2.05, 4.69) is 72.8 Å². The fourth-order valence-electron chi connectivity index (χ4n) is 1.89. The van der Waals surface area contributed by atoms with Crippen LogP contribution < -0.4 is 10.6 Å². The predicted octanol–water partition coefficient (Wildman–Crippen LogP) is 3.04. The van der Waals surface area contributed by atoms with E-state index in [0.29, 0.717) is 11.8 Å². The number of halogens is 2. The molecule has 0 spiro atoms. The van der Waals surface area contributed by atoms with Crippen LogP contribution in [0.5, 0.6) is 0 Å². The second-order valence-corrected chi connectivity index (χ2v) is 7.42.